The van der Waals surface area contributed by atoms with Gasteiger partial charge in [0.1, 0.15) is 5.69 Å². The minimum absolute atomic E-state index is 0.146. The molecule has 0 aliphatic heterocycles. The maximum atomic E-state index is 12.5. The minimum atomic E-state index is -0.341. The number of furan rings is 1. The molecule has 2 aromatic carbocycles. The van der Waals surface area contributed by atoms with E-state index >= 15 is 0 Å². The summed E-state index contributed by atoms with van der Waals surface area (Å²) >= 11 is 5.79. The monoisotopic (exact) mass is 390 g/mol. The molecule has 0 atom stereocenters. The molecule has 0 saturated heterocycles. The van der Waals surface area contributed by atoms with Crippen LogP contribution in [0.1, 0.15) is 15.9 Å². The molecule has 5 nitrogen and oxygen atoms in total. The van der Waals surface area contributed by atoms with Gasteiger partial charge in [-0.3, -0.25) is 9.36 Å². The van der Waals surface area contributed by atoms with Crippen molar-refractivity contribution in [2.75, 3.05) is 0 Å². The predicted molar refractivity (Wildman–Crippen MR) is 109 cm³/mol. The number of halogens is 1. The highest BCUT2D eigenvalue weighted by molar-refractivity contribution is 6.28. The van der Waals surface area contributed by atoms with Crippen LogP contribution in [0.15, 0.2) is 88.2 Å². The maximum absolute atomic E-state index is 12.5. The molecular formula is C22H15ClN2O3. The third kappa shape index (κ3) is 3.75. The number of ketones is 1. The molecule has 138 valence electrons. The number of carbonyl (C=O) groups excluding carboxylic acids is 1. The first kappa shape index (κ1) is 17.8. The Morgan fingerprint density at radius 1 is 1.04 bits per heavy atom. The van der Waals surface area contributed by atoms with Crippen LogP contribution in [-0.2, 0) is 0 Å². The summed E-state index contributed by atoms with van der Waals surface area (Å²) in [4.78, 5) is 27.6. The van der Waals surface area contributed by atoms with Crippen LogP contribution in [0.4, 0.5) is 0 Å². The molecule has 28 heavy (non-hydrogen) atoms. The number of hydrogen-bond donors (Lipinski definition) is 1. The summed E-state index contributed by atoms with van der Waals surface area (Å²) in [5.74, 6) is 0.311. The predicted octanol–water partition coefficient (Wildman–Crippen LogP) is 4.98. The van der Waals surface area contributed by atoms with Crippen LogP contribution >= 0.6 is 11.6 Å². The van der Waals surface area contributed by atoms with E-state index in [0.29, 0.717) is 22.7 Å². The van der Waals surface area contributed by atoms with Gasteiger partial charge in [0.2, 0.25) is 0 Å². The topological polar surface area (TPSA) is 68.0 Å². The second-order valence-corrected chi connectivity index (χ2v) is 6.48. The summed E-state index contributed by atoms with van der Waals surface area (Å²) in [5, 5.41) is 0.237. The van der Waals surface area contributed by atoms with Crippen molar-refractivity contribution in [1.29, 1.82) is 0 Å². The number of H-pyrrole nitrogens is 1. The molecule has 1 N–H and O–H groups in total. The van der Waals surface area contributed by atoms with Crippen LogP contribution in [0.2, 0.25) is 5.22 Å². The summed E-state index contributed by atoms with van der Waals surface area (Å²) in [5.41, 5.74) is 2.16. The van der Waals surface area contributed by atoms with Crippen LogP contribution < -0.4 is 5.69 Å². The molecule has 0 amide bonds. The van der Waals surface area contributed by atoms with Crippen LogP contribution in [0.25, 0.3) is 23.2 Å². The number of imidazole rings is 1. The minimum Gasteiger partial charge on any atom is -0.443 e. The molecule has 4 rings (SSSR count). The van der Waals surface area contributed by atoms with Crippen molar-refractivity contribution < 1.29 is 9.21 Å². The van der Waals surface area contributed by atoms with Gasteiger partial charge in [-0.05, 0) is 47.5 Å². The molecule has 2 heterocycles. The van der Waals surface area contributed by atoms with Gasteiger partial charge in [0.15, 0.2) is 16.8 Å². The summed E-state index contributed by atoms with van der Waals surface area (Å²) in [6, 6.07) is 19.7. The summed E-state index contributed by atoms with van der Waals surface area (Å²) < 4.78 is 6.75. The van der Waals surface area contributed by atoms with Crippen molar-refractivity contribution in [3.05, 3.63) is 106 Å². The summed E-state index contributed by atoms with van der Waals surface area (Å²) in [6.07, 6.45) is 4.89. The van der Waals surface area contributed by atoms with E-state index in [1.54, 1.807) is 48.7 Å². The number of aromatic amines is 1. The third-order valence-corrected chi connectivity index (χ3v) is 4.40. The lowest BCUT2D eigenvalue weighted by atomic mass is 10.1. The fraction of sp³-hybridized carbons (Fsp3) is 0. The Morgan fingerprint density at radius 3 is 2.61 bits per heavy atom. The Kier molecular flexibility index (Phi) is 4.83. The second kappa shape index (κ2) is 7.58. The van der Waals surface area contributed by atoms with Gasteiger partial charge in [-0.25, -0.2) is 4.79 Å². The van der Waals surface area contributed by atoms with Crippen molar-refractivity contribution in [1.82, 2.24) is 9.55 Å². The Labute approximate surface area is 165 Å². The first-order chi connectivity index (χ1) is 13.6. The molecule has 0 unspecified atom stereocenters. The van der Waals surface area contributed by atoms with Crippen LogP contribution in [0.5, 0.6) is 0 Å². The van der Waals surface area contributed by atoms with Crippen molar-refractivity contribution in [2.45, 2.75) is 0 Å². The molecule has 4 aromatic rings. The Hall–Kier alpha value is -3.57. The molecule has 0 spiro atoms. The van der Waals surface area contributed by atoms with Gasteiger partial charge in [0.25, 0.3) is 0 Å². The highest BCUT2D eigenvalue weighted by atomic mass is 35.5. The zero-order valence-corrected chi connectivity index (χ0v) is 15.4. The lowest BCUT2D eigenvalue weighted by Crippen LogP contribution is -2.14. The molecule has 2 aromatic heterocycles. The number of carbonyl (C=O) groups is 1. The van der Waals surface area contributed by atoms with Crippen LogP contribution in [0.3, 0.4) is 0 Å². The summed E-state index contributed by atoms with van der Waals surface area (Å²) in [6.45, 7) is 0. The Bertz CT molecular complexity index is 1220. The molecule has 0 radical (unpaired) electrons. The van der Waals surface area contributed by atoms with E-state index in [1.807, 2.05) is 30.3 Å². The first-order valence-corrected chi connectivity index (χ1v) is 8.93. The SMILES string of the molecule is O=C(/C=C/c1ccccc1)c1cccc(-n2cc(-c3ccc(Cl)o3)[nH]c2=O)c1. The fourth-order valence-corrected chi connectivity index (χ4v) is 2.96. The first-order valence-electron chi connectivity index (χ1n) is 8.55. The third-order valence-electron chi connectivity index (χ3n) is 4.19. The van der Waals surface area contributed by atoms with Crippen molar-refractivity contribution >= 4 is 23.5 Å². The smallest absolute Gasteiger partial charge is 0.330 e. The van der Waals surface area contributed by atoms with Gasteiger partial charge in [0.05, 0.1) is 5.69 Å². The van der Waals surface area contributed by atoms with E-state index in [2.05, 4.69) is 4.98 Å². The van der Waals surface area contributed by atoms with Gasteiger partial charge < -0.3 is 9.40 Å². The zero-order chi connectivity index (χ0) is 19.5. The number of benzene rings is 2. The molecular weight excluding hydrogens is 376 g/mol. The van der Waals surface area contributed by atoms with Crippen LogP contribution in [-0.4, -0.2) is 15.3 Å². The van der Waals surface area contributed by atoms with E-state index in [9.17, 15) is 9.59 Å². The molecule has 0 saturated carbocycles. The van der Waals surface area contributed by atoms with Crippen molar-refractivity contribution in [3.8, 4) is 17.1 Å². The van der Waals surface area contributed by atoms with E-state index in [-0.39, 0.29) is 16.7 Å². The lowest BCUT2D eigenvalue weighted by Gasteiger charge is -2.03. The second-order valence-electron chi connectivity index (χ2n) is 6.11. The largest absolute Gasteiger partial charge is 0.443 e. The number of aromatic nitrogens is 2. The normalized spacial score (nSPS) is 11.2. The van der Waals surface area contributed by atoms with Gasteiger partial charge in [-0.2, -0.15) is 0 Å². The number of allylic oxidation sites excluding steroid dienone is 1. The fourth-order valence-electron chi connectivity index (χ4n) is 2.81. The van der Waals surface area contributed by atoms with E-state index < -0.39 is 0 Å². The van der Waals surface area contributed by atoms with E-state index in [4.69, 9.17) is 16.0 Å². The molecule has 6 heteroatoms. The molecule has 0 fully saturated rings. The zero-order valence-electron chi connectivity index (χ0n) is 14.6. The molecule has 0 aliphatic rings. The lowest BCUT2D eigenvalue weighted by molar-refractivity contribution is 0.104. The van der Waals surface area contributed by atoms with Gasteiger partial charge in [0, 0.05) is 11.8 Å². The van der Waals surface area contributed by atoms with Crippen molar-refractivity contribution in [2.24, 2.45) is 0 Å². The summed E-state index contributed by atoms with van der Waals surface area (Å²) in [7, 11) is 0. The number of hydrogen-bond acceptors (Lipinski definition) is 3. The Balaban J connectivity index is 1.62. The van der Waals surface area contributed by atoms with Gasteiger partial charge in [-0.15, -0.1) is 0 Å². The van der Waals surface area contributed by atoms with Gasteiger partial charge in [-0.1, -0.05) is 48.5 Å². The van der Waals surface area contributed by atoms with Crippen LogP contribution in [0, 0.1) is 0 Å². The van der Waals surface area contributed by atoms with E-state index in [1.165, 1.54) is 10.6 Å². The standard InChI is InChI=1S/C22H15ClN2O3/c23-21-12-11-20(28-21)18-14-25(22(27)24-18)17-8-4-7-16(13-17)19(26)10-9-15-5-2-1-3-6-15/h1-14H,(H,24,27)/b10-9+. The average molecular weight is 391 g/mol. The number of rotatable bonds is 5. The number of nitrogens with zero attached hydrogens (tertiary/aromatic N) is 1. The number of nitrogens with one attached hydrogen (secondary N) is 1. The van der Waals surface area contributed by atoms with Gasteiger partial charge >= 0.3 is 5.69 Å². The maximum Gasteiger partial charge on any atom is 0.330 e. The Morgan fingerprint density at radius 2 is 1.86 bits per heavy atom. The molecule has 0 bridgehead atoms. The quantitative estimate of drug-likeness (QED) is 0.386. The van der Waals surface area contributed by atoms with Crippen molar-refractivity contribution in [3.63, 3.8) is 0 Å². The molecule has 0 aliphatic carbocycles. The highest BCUT2D eigenvalue weighted by Crippen LogP contribution is 2.23. The average Bonchev–Trinajstić information content (AvgIpc) is 3.32. The highest BCUT2D eigenvalue weighted by Gasteiger charge is 2.11. The van der Waals surface area contributed by atoms with E-state index in [0.717, 1.165) is 5.56 Å².